The highest BCUT2D eigenvalue weighted by Crippen LogP contribution is 2.28. The third-order valence-corrected chi connectivity index (χ3v) is 4.81. The molecule has 0 radical (unpaired) electrons. The Labute approximate surface area is 175 Å². The van der Waals surface area contributed by atoms with Crippen LogP contribution in [0.15, 0.2) is 54.1 Å². The molecule has 1 unspecified atom stereocenters. The lowest BCUT2D eigenvalue weighted by Gasteiger charge is -2.16. The minimum Gasteiger partial charge on any atom is -0.490 e. The highest BCUT2D eigenvalue weighted by molar-refractivity contribution is 6.31. The van der Waals surface area contributed by atoms with Crippen molar-refractivity contribution in [3.05, 3.63) is 65.2 Å². The quantitative estimate of drug-likeness (QED) is 0.397. The van der Waals surface area contributed by atoms with E-state index < -0.39 is 17.8 Å². The van der Waals surface area contributed by atoms with Crippen molar-refractivity contribution in [1.29, 1.82) is 0 Å². The van der Waals surface area contributed by atoms with Crippen LogP contribution >= 0.6 is 0 Å². The third kappa shape index (κ3) is 5.26. The van der Waals surface area contributed by atoms with Crippen LogP contribution < -0.4 is 20.1 Å². The fraction of sp³-hybridized carbons (Fsp3) is 0.261. The van der Waals surface area contributed by atoms with E-state index in [0.29, 0.717) is 30.4 Å². The van der Waals surface area contributed by atoms with E-state index >= 15 is 0 Å². The molecule has 0 aromatic heterocycles. The number of urea groups is 1. The van der Waals surface area contributed by atoms with E-state index in [2.05, 4.69) is 19.9 Å². The first-order chi connectivity index (χ1) is 14.5. The zero-order valence-corrected chi connectivity index (χ0v) is 16.9. The Balaban J connectivity index is 1.54. The zero-order valence-electron chi connectivity index (χ0n) is 16.9. The average molecular weight is 408 g/mol. The minimum absolute atomic E-state index is 0.128. The molecular formula is C23H24N2O5. The van der Waals surface area contributed by atoms with Crippen LogP contribution in [0, 0.1) is 0 Å². The Morgan fingerprint density at radius 3 is 2.20 bits per heavy atom. The van der Waals surface area contributed by atoms with Crippen LogP contribution in [0.4, 0.5) is 4.79 Å². The number of carbonyl (C=O) groups excluding carboxylic acids is 3. The van der Waals surface area contributed by atoms with Gasteiger partial charge in [0, 0.05) is 0 Å². The Kier molecular flexibility index (Phi) is 6.85. The van der Waals surface area contributed by atoms with Crippen LogP contribution in [0.5, 0.6) is 11.5 Å². The van der Waals surface area contributed by atoms with Crippen molar-refractivity contribution in [1.82, 2.24) is 10.6 Å². The maximum atomic E-state index is 11.8. The fourth-order valence-electron chi connectivity index (χ4n) is 2.98. The topological polar surface area (TPSA) is 93.7 Å². The Bertz CT molecular complexity index is 944. The second kappa shape index (κ2) is 9.73. The lowest BCUT2D eigenvalue weighted by atomic mass is 9.98. The molecule has 1 atom stereocenters. The largest absolute Gasteiger partial charge is 0.490 e. The second-order valence-electron chi connectivity index (χ2n) is 6.91. The summed E-state index contributed by atoms with van der Waals surface area (Å²) in [6, 6.07) is 14.1. The van der Waals surface area contributed by atoms with Crippen molar-refractivity contribution < 1.29 is 23.9 Å². The number of barbiturate groups is 1. The molecule has 2 N–H and O–H groups in total. The van der Waals surface area contributed by atoms with E-state index in [1.165, 1.54) is 11.6 Å². The molecule has 156 valence electrons. The number of para-hydroxylation sites is 1. The molecule has 0 spiro atoms. The van der Waals surface area contributed by atoms with Gasteiger partial charge in [-0.05, 0) is 47.7 Å². The fourth-order valence-corrected chi connectivity index (χ4v) is 2.98. The number of ether oxygens (including phenoxy) is 2. The van der Waals surface area contributed by atoms with Crippen LogP contribution in [-0.2, 0) is 9.59 Å². The summed E-state index contributed by atoms with van der Waals surface area (Å²) in [5, 5.41) is 4.07. The van der Waals surface area contributed by atoms with Crippen molar-refractivity contribution in [3.63, 3.8) is 0 Å². The van der Waals surface area contributed by atoms with E-state index in [-0.39, 0.29) is 5.57 Å². The van der Waals surface area contributed by atoms with Crippen molar-refractivity contribution in [3.8, 4) is 11.5 Å². The van der Waals surface area contributed by atoms with Gasteiger partial charge in [-0.25, -0.2) is 4.79 Å². The van der Waals surface area contributed by atoms with E-state index in [4.69, 9.17) is 9.47 Å². The number of nitrogens with one attached hydrogen (secondary N) is 2. The predicted octanol–water partition coefficient (Wildman–Crippen LogP) is 3.41. The molecule has 1 aliphatic heterocycles. The lowest BCUT2D eigenvalue weighted by molar-refractivity contribution is -0.123. The maximum Gasteiger partial charge on any atom is 0.328 e. The molecule has 1 aliphatic rings. The van der Waals surface area contributed by atoms with Crippen LogP contribution in [-0.4, -0.2) is 31.1 Å². The van der Waals surface area contributed by atoms with Crippen molar-refractivity contribution in [2.24, 2.45) is 0 Å². The van der Waals surface area contributed by atoms with Gasteiger partial charge in [0.25, 0.3) is 11.8 Å². The summed E-state index contributed by atoms with van der Waals surface area (Å²) in [7, 11) is 0. The van der Waals surface area contributed by atoms with Gasteiger partial charge in [0.2, 0.25) is 0 Å². The molecule has 0 aliphatic carbocycles. The van der Waals surface area contributed by atoms with Gasteiger partial charge in [0.05, 0.1) is 0 Å². The van der Waals surface area contributed by atoms with Crippen molar-refractivity contribution in [2.75, 3.05) is 13.2 Å². The first kappa shape index (κ1) is 21.1. The SMILES string of the molecule is CCC(C)c1ccccc1OCCOc1ccc(C=C2C(=O)NC(=O)NC2=O)cc1. The molecule has 3 rings (SSSR count). The first-order valence-electron chi connectivity index (χ1n) is 9.81. The summed E-state index contributed by atoms with van der Waals surface area (Å²) < 4.78 is 11.6. The summed E-state index contributed by atoms with van der Waals surface area (Å²) in [5.74, 6) is 0.497. The van der Waals surface area contributed by atoms with Gasteiger partial charge in [-0.15, -0.1) is 0 Å². The Hall–Kier alpha value is -3.61. The van der Waals surface area contributed by atoms with E-state index in [0.717, 1.165) is 12.2 Å². The average Bonchev–Trinajstić information content (AvgIpc) is 2.74. The number of hydrogen-bond acceptors (Lipinski definition) is 5. The predicted molar refractivity (Wildman–Crippen MR) is 112 cm³/mol. The van der Waals surface area contributed by atoms with Gasteiger partial charge in [-0.3, -0.25) is 20.2 Å². The maximum absolute atomic E-state index is 11.8. The monoisotopic (exact) mass is 408 g/mol. The van der Waals surface area contributed by atoms with Crippen molar-refractivity contribution >= 4 is 23.9 Å². The summed E-state index contributed by atoms with van der Waals surface area (Å²) in [6.45, 7) is 5.11. The summed E-state index contributed by atoms with van der Waals surface area (Å²) in [6.07, 6.45) is 2.45. The van der Waals surface area contributed by atoms with Gasteiger partial charge < -0.3 is 9.47 Å². The summed E-state index contributed by atoms with van der Waals surface area (Å²) in [4.78, 5) is 34.6. The molecule has 30 heavy (non-hydrogen) atoms. The normalized spacial score (nSPS) is 14.6. The molecule has 1 heterocycles. The number of imide groups is 2. The van der Waals surface area contributed by atoms with E-state index in [1.807, 2.05) is 28.8 Å². The lowest BCUT2D eigenvalue weighted by Crippen LogP contribution is -2.51. The summed E-state index contributed by atoms with van der Waals surface area (Å²) in [5.41, 5.74) is 1.70. The number of rotatable bonds is 8. The standard InChI is InChI=1S/C23H24N2O5/c1-3-15(2)18-6-4-5-7-20(18)30-13-12-29-17-10-8-16(9-11-17)14-19-21(26)24-23(28)25-22(19)27/h4-11,14-15H,3,12-13H2,1-2H3,(H2,24,25,26,27,28). The first-order valence-corrected chi connectivity index (χ1v) is 9.81. The van der Waals surface area contributed by atoms with E-state index in [1.54, 1.807) is 24.3 Å². The molecule has 4 amide bonds. The highest BCUT2D eigenvalue weighted by Gasteiger charge is 2.27. The minimum atomic E-state index is -0.820. The second-order valence-corrected chi connectivity index (χ2v) is 6.91. The van der Waals surface area contributed by atoms with E-state index in [9.17, 15) is 14.4 Å². The molecular weight excluding hydrogens is 384 g/mol. The van der Waals surface area contributed by atoms with Crippen LogP contribution in [0.1, 0.15) is 37.3 Å². The van der Waals surface area contributed by atoms with Crippen LogP contribution in [0.2, 0.25) is 0 Å². The summed E-state index contributed by atoms with van der Waals surface area (Å²) >= 11 is 0. The molecule has 1 saturated heterocycles. The molecule has 7 nitrogen and oxygen atoms in total. The number of amides is 4. The van der Waals surface area contributed by atoms with Gasteiger partial charge in [-0.1, -0.05) is 44.2 Å². The number of hydrogen-bond donors (Lipinski definition) is 2. The Morgan fingerprint density at radius 1 is 0.900 bits per heavy atom. The number of benzene rings is 2. The molecule has 2 aromatic carbocycles. The van der Waals surface area contributed by atoms with Crippen LogP contribution in [0.25, 0.3) is 6.08 Å². The Morgan fingerprint density at radius 2 is 1.53 bits per heavy atom. The molecule has 2 aromatic rings. The molecule has 0 bridgehead atoms. The van der Waals surface area contributed by atoms with Gasteiger partial charge in [-0.2, -0.15) is 0 Å². The van der Waals surface area contributed by atoms with Crippen LogP contribution in [0.3, 0.4) is 0 Å². The van der Waals surface area contributed by atoms with Gasteiger partial charge in [0.1, 0.15) is 30.3 Å². The van der Waals surface area contributed by atoms with Gasteiger partial charge in [0.15, 0.2) is 0 Å². The molecule has 7 heteroatoms. The molecule has 0 saturated carbocycles. The molecule has 1 fully saturated rings. The zero-order chi connectivity index (χ0) is 21.5. The highest BCUT2D eigenvalue weighted by atomic mass is 16.5. The smallest absolute Gasteiger partial charge is 0.328 e. The third-order valence-electron chi connectivity index (χ3n) is 4.81. The number of carbonyl (C=O) groups is 3. The van der Waals surface area contributed by atoms with Gasteiger partial charge >= 0.3 is 6.03 Å². The van der Waals surface area contributed by atoms with Crippen molar-refractivity contribution in [2.45, 2.75) is 26.2 Å².